The number of ether oxygens (including phenoxy) is 2. The molecule has 144 valence electrons. The Morgan fingerprint density at radius 3 is 2.43 bits per heavy atom. The molecule has 0 spiro atoms. The van der Waals surface area contributed by atoms with Gasteiger partial charge in [-0.1, -0.05) is 29.0 Å². The smallest absolute Gasteiger partial charge is 0.263 e. The fraction of sp³-hybridized carbons (Fsp3) is 0.263. The van der Waals surface area contributed by atoms with Crippen molar-refractivity contribution in [1.82, 2.24) is 5.01 Å². The first-order valence-electron chi connectivity index (χ1n) is 8.55. The van der Waals surface area contributed by atoms with Gasteiger partial charge in [0.25, 0.3) is 11.8 Å². The van der Waals surface area contributed by atoms with Crippen LogP contribution in [0.2, 0.25) is 5.02 Å². The van der Waals surface area contributed by atoms with Crippen molar-refractivity contribution in [2.75, 3.05) is 19.1 Å². The molecule has 1 fully saturated rings. The Labute approximate surface area is 166 Å². The molecule has 0 N–H and O–H groups in total. The number of benzene rings is 2. The van der Waals surface area contributed by atoms with Crippen LogP contribution in [-0.2, 0) is 16.1 Å². The number of carbonyl (C=O) groups excluding carboxylic acids is 2. The lowest BCUT2D eigenvalue weighted by Crippen LogP contribution is -2.39. The average Bonchev–Trinajstić information content (AvgIpc) is 3.22. The summed E-state index contributed by atoms with van der Waals surface area (Å²) in [6.07, 6.45) is 0. The number of methoxy groups -OCH3 is 2. The van der Waals surface area contributed by atoms with Gasteiger partial charge in [0.1, 0.15) is 11.5 Å². The van der Waals surface area contributed by atoms with E-state index in [9.17, 15) is 9.59 Å². The molecule has 0 saturated carbocycles. The molecule has 2 atom stereocenters. The highest BCUT2D eigenvalue weighted by molar-refractivity contribution is 6.33. The van der Waals surface area contributed by atoms with Crippen LogP contribution in [0.4, 0.5) is 5.69 Å². The van der Waals surface area contributed by atoms with Crippen LogP contribution in [0.25, 0.3) is 0 Å². The average molecular weight is 401 g/mol. The van der Waals surface area contributed by atoms with Gasteiger partial charge >= 0.3 is 0 Å². The van der Waals surface area contributed by atoms with Gasteiger partial charge in [-0.05, 0) is 35.9 Å². The first-order chi connectivity index (χ1) is 13.5. The molecule has 0 aliphatic carbocycles. The number of imide groups is 1. The molecule has 9 heteroatoms. The molecule has 8 nitrogen and oxygen atoms in total. The number of halogens is 1. The number of hydrogen-bond donors (Lipinski definition) is 0. The summed E-state index contributed by atoms with van der Waals surface area (Å²) in [4.78, 5) is 26.9. The highest BCUT2D eigenvalue weighted by Gasteiger charge is 2.54. The van der Waals surface area contributed by atoms with Gasteiger partial charge in [-0.3, -0.25) is 14.6 Å². The second kappa shape index (κ2) is 7.12. The fourth-order valence-electron chi connectivity index (χ4n) is 3.32. The molecule has 2 aromatic rings. The summed E-state index contributed by atoms with van der Waals surface area (Å²) in [6.45, 7) is 0.352. The summed E-state index contributed by atoms with van der Waals surface area (Å²) < 4.78 is 10.3. The second-order valence-corrected chi connectivity index (χ2v) is 6.78. The van der Waals surface area contributed by atoms with E-state index in [1.54, 1.807) is 19.2 Å². The highest BCUT2D eigenvalue weighted by atomic mass is 35.5. The lowest BCUT2D eigenvalue weighted by molar-refractivity contribution is -0.123. The number of fused-ring (bicyclic) bond motifs is 1. The van der Waals surface area contributed by atoms with Crippen molar-refractivity contribution < 1.29 is 19.1 Å². The Kier molecular flexibility index (Phi) is 4.64. The summed E-state index contributed by atoms with van der Waals surface area (Å²) >= 11 is 6.15. The molecule has 0 aromatic heterocycles. The number of rotatable bonds is 5. The Morgan fingerprint density at radius 2 is 1.79 bits per heavy atom. The van der Waals surface area contributed by atoms with E-state index >= 15 is 0 Å². The Bertz CT molecular complexity index is 963. The van der Waals surface area contributed by atoms with Gasteiger partial charge in [0, 0.05) is 0 Å². The van der Waals surface area contributed by atoms with E-state index in [0.29, 0.717) is 23.0 Å². The highest BCUT2D eigenvalue weighted by Crippen LogP contribution is 2.35. The Hall–Kier alpha value is -3.13. The zero-order chi connectivity index (χ0) is 19.8. The molecular weight excluding hydrogens is 384 g/mol. The quantitative estimate of drug-likeness (QED) is 0.720. The monoisotopic (exact) mass is 400 g/mol. The summed E-state index contributed by atoms with van der Waals surface area (Å²) in [5.41, 5.74) is 1.31. The Morgan fingerprint density at radius 1 is 1.04 bits per heavy atom. The summed E-state index contributed by atoms with van der Waals surface area (Å²) in [5, 5.41) is 9.93. The van der Waals surface area contributed by atoms with Gasteiger partial charge in [-0.2, -0.15) is 5.11 Å². The lowest BCUT2D eigenvalue weighted by atomic mass is 10.1. The Balaban J connectivity index is 1.57. The van der Waals surface area contributed by atoms with E-state index in [1.165, 1.54) is 18.2 Å². The predicted octanol–water partition coefficient (Wildman–Crippen LogP) is 2.85. The van der Waals surface area contributed by atoms with Crippen molar-refractivity contribution in [2.24, 2.45) is 10.3 Å². The molecule has 1 saturated heterocycles. The van der Waals surface area contributed by atoms with Crippen molar-refractivity contribution in [1.29, 1.82) is 0 Å². The van der Waals surface area contributed by atoms with Crippen molar-refractivity contribution >= 4 is 29.1 Å². The minimum absolute atomic E-state index is 0.314. The van der Waals surface area contributed by atoms with E-state index in [4.69, 9.17) is 21.1 Å². The lowest BCUT2D eigenvalue weighted by Gasteiger charge is -2.21. The van der Waals surface area contributed by atoms with Crippen LogP contribution in [0.15, 0.2) is 52.8 Å². The van der Waals surface area contributed by atoms with Gasteiger partial charge in [-0.15, -0.1) is 0 Å². The van der Waals surface area contributed by atoms with Crippen molar-refractivity contribution in [2.45, 2.75) is 18.6 Å². The molecule has 4 rings (SSSR count). The van der Waals surface area contributed by atoms with Crippen LogP contribution in [0.5, 0.6) is 11.5 Å². The predicted molar refractivity (Wildman–Crippen MR) is 101 cm³/mol. The van der Waals surface area contributed by atoms with Gasteiger partial charge in [0.05, 0.1) is 31.5 Å². The molecule has 0 bridgehead atoms. The van der Waals surface area contributed by atoms with Crippen LogP contribution in [0.1, 0.15) is 5.56 Å². The van der Waals surface area contributed by atoms with Crippen LogP contribution < -0.4 is 14.4 Å². The molecule has 28 heavy (non-hydrogen) atoms. The first kappa shape index (κ1) is 18.2. The summed E-state index contributed by atoms with van der Waals surface area (Å²) in [5.74, 6) is 0.400. The van der Waals surface area contributed by atoms with Gasteiger partial charge in [-0.25, -0.2) is 4.90 Å². The molecular formula is C19H17ClN4O4. The second-order valence-electron chi connectivity index (χ2n) is 6.37. The summed E-state index contributed by atoms with van der Waals surface area (Å²) in [7, 11) is 3.09. The van der Waals surface area contributed by atoms with E-state index in [-0.39, 0.29) is 5.91 Å². The van der Waals surface area contributed by atoms with Crippen molar-refractivity contribution in [3.05, 3.63) is 53.1 Å². The van der Waals surface area contributed by atoms with E-state index in [2.05, 4.69) is 10.3 Å². The number of carbonyl (C=O) groups is 2. The van der Waals surface area contributed by atoms with E-state index < -0.39 is 18.0 Å². The zero-order valence-corrected chi connectivity index (χ0v) is 16.0. The maximum Gasteiger partial charge on any atom is 0.263 e. The number of anilines is 1. The fourth-order valence-corrected chi connectivity index (χ4v) is 3.57. The SMILES string of the molecule is COc1ccc(CN2N=N[C@H]3C(=O)N(c4ccc(OC)c(Cl)c4)C(=O)[C@H]32)cc1. The van der Waals surface area contributed by atoms with Crippen LogP contribution in [0.3, 0.4) is 0 Å². The normalized spacial score (nSPS) is 20.7. The van der Waals surface area contributed by atoms with Gasteiger partial charge in [0.15, 0.2) is 12.1 Å². The largest absolute Gasteiger partial charge is 0.497 e. The van der Waals surface area contributed by atoms with Crippen LogP contribution in [0, 0.1) is 0 Å². The number of amides is 2. The van der Waals surface area contributed by atoms with E-state index in [0.717, 1.165) is 16.2 Å². The zero-order valence-electron chi connectivity index (χ0n) is 15.2. The van der Waals surface area contributed by atoms with Crippen molar-refractivity contribution in [3.8, 4) is 11.5 Å². The minimum Gasteiger partial charge on any atom is -0.497 e. The van der Waals surface area contributed by atoms with Crippen LogP contribution in [-0.4, -0.2) is 43.1 Å². The third-order valence-corrected chi connectivity index (χ3v) is 5.05. The third-order valence-electron chi connectivity index (χ3n) is 4.76. The van der Waals surface area contributed by atoms with Gasteiger partial charge < -0.3 is 9.47 Å². The van der Waals surface area contributed by atoms with Crippen LogP contribution >= 0.6 is 11.6 Å². The molecule has 2 aromatic carbocycles. The maximum absolute atomic E-state index is 13.0. The molecule has 2 amide bonds. The molecule has 0 unspecified atom stereocenters. The molecule has 0 radical (unpaired) electrons. The third kappa shape index (κ3) is 2.95. The molecule has 2 heterocycles. The van der Waals surface area contributed by atoms with Crippen molar-refractivity contribution in [3.63, 3.8) is 0 Å². The topological polar surface area (TPSA) is 83.8 Å². The van der Waals surface area contributed by atoms with E-state index in [1.807, 2.05) is 24.3 Å². The van der Waals surface area contributed by atoms with Gasteiger partial charge in [0.2, 0.25) is 0 Å². The number of hydrogen-bond acceptors (Lipinski definition) is 7. The maximum atomic E-state index is 13.0. The number of nitrogens with zero attached hydrogens (tertiary/aromatic N) is 4. The molecule has 2 aliphatic heterocycles. The standard InChI is InChI=1S/C19H17ClN4O4/c1-27-13-6-3-11(4-7-13)10-23-17-16(21-22-23)18(25)24(19(17)26)12-5-8-15(28-2)14(20)9-12/h3-9,16-17H,10H2,1-2H3/t16-,17+/m1/s1. The minimum atomic E-state index is -0.855. The molecule has 2 aliphatic rings. The first-order valence-corrected chi connectivity index (χ1v) is 8.93. The summed E-state index contributed by atoms with van der Waals surface area (Å²) in [6, 6.07) is 10.5.